The molecule has 0 aliphatic carbocycles. The van der Waals surface area contributed by atoms with E-state index in [-0.39, 0.29) is 10.2 Å². The molecule has 2 aromatic carbocycles. The van der Waals surface area contributed by atoms with Gasteiger partial charge in [0.15, 0.2) is 4.32 Å². The third-order valence-electron chi connectivity index (χ3n) is 4.08. The van der Waals surface area contributed by atoms with Gasteiger partial charge in [-0.1, -0.05) is 41.6 Å². The Bertz CT molecular complexity index is 1050. The molecule has 0 bridgehead atoms. The molecule has 1 N–H and O–H groups in total. The van der Waals surface area contributed by atoms with Crippen molar-refractivity contribution >= 4 is 57.8 Å². The number of para-hydroxylation sites is 1. The molecular weight excluding hydrogens is 416 g/mol. The minimum Gasteiger partial charge on any atom is -0.488 e. The van der Waals surface area contributed by atoms with Gasteiger partial charge in [0, 0.05) is 16.1 Å². The van der Waals surface area contributed by atoms with Crippen LogP contribution in [0.25, 0.3) is 6.08 Å². The molecule has 1 saturated heterocycles. The fraction of sp³-hybridized carbons (Fsp3) is 0.0500. The van der Waals surface area contributed by atoms with E-state index in [0.717, 1.165) is 33.7 Å². The summed E-state index contributed by atoms with van der Waals surface area (Å²) in [5.41, 5.74) is 4.72. The Hall–Kier alpha value is -2.61. The number of carbonyl (C=O) groups is 2. The molecule has 2 aliphatic rings. The molecule has 0 saturated carbocycles. The molecule has 0 unspecified atom stereocenters. The second-order valence-corrected chi connectivity index (χ2v) is 8.12. The maximum Gasteiger partial charge on any atom is 0.285 e. The Kier molecular flexibility index (Phi) is 5.21. The van der Waals surface area contributed by atoms with E-state index in [1.54, 1.807) is 30.3 Å². The lowest BCUT2D eigenvalue weighted by atomic mass is 10.1. The molecule has 4 rings (SSSR count). The van der Waals surface area contributed by atoms with Gasteiger partial charge in [-0.05, 0) is 60.3 Å². The summed E-state index contributed by atoms with van der Waals surface area (Å²) in [6.07, 6.45) is 3.71. The zero-order valence-electron chi connectivity index (χ0n) is 14.3. The summed E-state index contributed by atoms with van der Waals surface area (Å²) in [5.74, 6) is -0.0112. The SMILES string of the molecule is O=C(NN1C(=O)/C(=C/C2=Cc3ccccc3OC2)SC1=S)c1ccc(Cl)cc1. The first kappa shape index (κ1) is 18.7. The molecule has 0 aromatic heterocycles. The zero-order chi connectivity index (χ0) is 19.7. The number of thiocarbonyl (C=S) groups is 1. The smallest absolute Gasteiger partial charge is 0.285 e. The van der Waals surface area contributed by atoms with Crippen LogP contribution in [0.1, 0.15) is 15.9 Å². The highest BCUT2D eigenvalue weighted by Gasteiger charge is 2.34. The molecule has 8 heteroatoms. The Morgan fingerprint density at radius 3 is 2.75 bits per heavy atom. The molecule has 0 spiro atoms. The molecule has 2 aliphatic heterocycles. The summed E-state index contributed by atoms with van der Waals surface area (Å²) in [5, 5.41) is 1.61. The summed E-state index contributed by atoms with van der Waals surface area (Å²) >= 11 is 12.2. The topological polar surface area (TPSA) is 58.6 Å². The largest absolute Gasteiger partial charge is 0.488 e. The van der Waals surface area contributed by atoms with Gasteiger partial charge in [0.05, 0.1) is 4.91 Å². The fourth-order valence-electron chi connectivity index (χ4n) is 2.72. The summed E-state index contributed by atoms with van der Waals surface area (Å²) in [6.45, 7) is 0.359. The van der Waals surface area contributed by atoms with Crippen molar-refractivity contribution in [2.24, 2.45) is 0 Å². The van der Waals surface area contributed by atoms with E-state index in [1.165, 1.54) is 0 Å². The van der Waals surface area contributed by atoms with Gasteiger partial charge < -0.3 is 4.74 Å². The third-order valence-corrected chi connectivity index (χ3v) is 5.64. The number of fused-ring (bicyclic) bond motifs is 1. The van der Waals surface area contributed by atoms with Gasteiger partial charge in [-0.3, -0.25) is 15.0 Å². The van der Waals surface area contributed by atoms with Crippen LogP contribution in [0.2, 0.25) is 5.02 Å². The van der Waals surface area contributed by atoms with Crippen molar-refractivity contribution in [3.8, 4) is 5.75 Å². The van der Waals surface area contributed by atoms with Crippen LogP contribution >= 0.6 is 35.6 Å². The van der Waals surface area contributed by atoms with E-state index < -0.39 is 5.91 Å². The number of ether oxygens (including phenoxy) is 1. The summed E-state index contributed by atoms with van der Waals surface area (Å²) in [6, 6.07) is 14.0. The highest BCUT2D eigenvalue weighted by molar-refractivity contribution is 8.26. The van der Waals surface area contributed by atoms with Crippen molar-refractivity contribution in [3.63, 3.8) is 0 Å². The predicted molar refractivity (Wildman–Crippen MR) is 114 cm³/mol. The number of nitrogens with zero attached hydrogens (tertiary/aromatic N) is 1. The number of nitrogens with one attached hydrogen (secondary N) is 1. The number of carbonyl (C=O) groups excluding carboxylic acids is 2. The van der Waals surface area contributed by atoms with Crippen molar-refractivity contribution in [2.75, 3.05) is 6.61 Å². The van der Waals surface area contributed by atoms with Gasteiger partial charge in [-0.2, -0.15) is 5.01 Å². The summed E-state index contributed by atoms with van der Waals surface area (Å²) in [7, 11) is 0. The monoisotopic (exact) mass is 428 g/mol. The molecule has 2 amide bonds. The molecule has 2 heterocycles. The second-order valence-electron chi connectivity index (χ2n) is 6.01. The minimum atomic E-state index is -0.441. The first-order valence-electron chi connectivity index (χ1n) is 8.28. The first-order valence-corrected chi connectivity index (χ1v) is 9.88. The highest BCUT2D eigenvalue weighted by atomic mass is 35.5. The molecule has 5 nitrogen and oxygen atoms in total. The number of rotatable bonds is 3. The lowest BCUT2D eigenvalue weighted by Crippen LogP contribution is -2.44. The van der Waals surface area contributed by atoms with Gasteiger partial charge >= 0.3 is 0 Å². The number of hydrogen-bond donors (Lipinski definition) is 1. The van der Waals surface area contributed by atoms with Crippen LogP contribution in [-0.2, 0) is 4.79 Å². The highest BCUT2D eigenvalue weighted by Crippen LogP contribution is 2.33. The molecule has 140 valence electrons. The van der Waals surface area contributed by atoms with E-state index in [9.17, 15) is 9.59 Å². The summed E-state index contributed by atoms with van der Waals surface area (Å²) < 4.78 is 5.97. The molecule has 28 heavy (non-hydrogen) atoms. The van der Waals surface area contributed by atoms with Gasteiger partial charge in [-0.15, -0.1) is 0 Å². The average Bonchev–Trinajstić information content (AvgIpc) is 2.95. The van der Waals surface area contributed by atoms with E-state index >= 15 is 0 Å². The van der Waals surface area contributed by atoms with Crippen molar-refractivity contribution < 1.29 is 14.3 Å². The van der Waals surface area contributed by atoms with Crippen LogP contribution in [0.3, 0.4) is 0 Å². The van der Waals surface area contributed by atoms with Crippen LogP contribution in [0.15, 0.2) is 65.1 Å². The molecule has 0 radical (unpaired) electrons. The zero-order valence-corrected chi connectivity index (χ0v) is 16.7. The van der Waals surface area contributed by atoms with Crippen LogP contribution in [-0.4, -0.2) is 27.8 Å². The number of hydrogen-bond acceptors (Lipinski definition) is 5. The maximum atomic E-state index is 12.7. The van der Waals surface area contributed by atoms with Gasteiger partial charge in [0.25, 0.3) is 11.8 Å². The Balaban J connectivity index is 1.51. The fourth-order valence-corrected chi connectivity index (χ4v) is 4.04. The Morgan fingerprint density at radius 1 is 1.21 bits per heavy atom. The number of thioether (sulfide) groups is 1. The van der Waals surface area contributed by atoms with Crippen molar-refractivity contribution in [1.29, 1.82) is 0 Å². The lowest BCUT2D eigenvalue weighted by Gasteiger charge is -2.16. The van der Waals surface area contributed by atoms with Gasteiger partial charge in [0.2, 0.25) is 0 Å². The number of benzene rings is 2. The molecule has 2 aromatic rings. The van der Waals surface area contributed by atoms with Crippen LogP contribution in [0, 0.1) is 0 Å². The molecule has 1 fully saturated rings. The van der Waals surface area contributed by atoms with Crippen molar-refractivity contribution in [3.05, 3.63) is 81.2 Å². The van der Waals surface area contributed by atoms with E-state index in [0.29, 0.717) is 22.1 Å². The molecular formula is C20H13ClN2O3S2. The number of halogens is 1. The lowest BCUT2D eigenvalue weighted by molar-refractivity contribution is -0.123. The van der Waals surface area contributed by atoms with Gasteiger partial charge in [-0.25, -0.2) is 0 Å². The van der Waals surface area contributed by atoms with E-state index in [1.807, 2.05) is 30.3 Å². The normalized spacial score (nSPS) is 17.2. The summed E-state index contributed by atoms with van der Waals surface area (Å²) in [4.78, 5) is 25.5. The van der Waals surface area contributed by atoms with Gasteiger partial charge in [0.1, 0.15) is 12.4 Å². The quantitative estimate of drug-likeness (QED) is 0.586. The standard InChI is InChI=1S/C20H13ClN2O3S2/c21-15-7-5-13(6-8-15)18(24)22-23-19(25)17(28-20(23)27)10-12-9-14-3-1-2-4-16(14)26-11-12/h1-10H,11H2,(H,22,24)/b17-10-. The van der Waals surface area contributed by atoms with Crippen LogP contribution in [0.4, 0.5) is 0 Å². The number of hydrazine groups is 1. The number of amides is 2. The Morgan fingerprint density at radius 2 is 1.96 bits per heavy atom. The van der Waals surface area contributed by atoms with Crippen LogP contribution < -0.4 is 10.2 Å². The van der Waals surface area contributed by atoms with Crippen molar-refractivity contribution in [2.45, 2.75) is 0 Å². The predicted octanol–water partition coefficient (Wildman–Crippen LogP) is 4.21. The van der Waals surface area contributed by atoms with Crippen molar-refractivity contribution in [1.82, 2.24) is 10.4 Å². The molecule has 0 atom stereocenters. The maximum absolute atomic E-state index is 12.7. The minimum absolute atomic E-state index is 0.260. The third kappa shape index (κ3) is 3.82. The average molecular weight is 429 g/mol. The van der Waals surface area contributed by atoms with Crippen LogP contribution in [0.5, 0.6) is 5.75 Å². The van der Waals surface area contributed by atoms with E-state index in [2.05, 4.69) is 5.43 Å². The second kappa shape index (κ2) is 7.79. The van der Waals surface area contributed by atoms with E-state index in [4.69, 9.17) is 28.6 Å². The Labute approximate surface area is 176 Å². The first-order chi connectivity index (χ1) is 13.5.